The Morgan fingerprint density at radius 2 is 1.83 bits per heavy atom. The van der Waals surface area contributed by atoms with Crippen LogP contribution in [0.2, 0.25) is 0 Å². The molecule has 2 heteroatoms. The molecule has 0 saturated carbocycles. The first kappa shape index (κ1) is 15.7. The quantitative estimate of drug-likeness (QED) is 0.741. The second kappa shape index (κ2) is 8.68. The smallest absolute Gasteiger partial charge is 0.139 e. The van der Waals surface area contributed by atoms with Crippen molar-refractivity contribution >= 4 is 5.78 Å². The van der Waals surface area contributed by atoms with Crippen LogP contribution in [0.3, 0.4) is 0 Å². The Morgan fingerprint density at radius 3 is 2.50 bits per heavy atom. The molecular formula is C16H31NO. The monoisotopic (exact) mass is 253 g/mol. The first-order valence-electron chi connectivity index (χ1n) is 7.91. The summed E-state index contributed by atoms with van der Waals surface area (Å²) < 4.78 is 0. The van der Waals surface area contributed by atoms with Gasteiger partial charge in [-0.3, -0.25) is 4.79 Å². The molecular weight excluding hydrogens is 222 g/mol. The number of hydrogen-bond donors (Lipinski definition) is 0. The van der Waals surface area contributed by atoms with Gasteiger partial charge in [-0.15, -0.1) is 0 Å². The van der Waals surface area contributed by atoms with Gasteiger partial charge in [0.2, 0.25) is 0 Å². The van der Waals surface area contributed by atoms with Gasteiger partial charge in [0.1, 0.15) is 5.78 Å². The second-order valence-electron chi connectivity index (χ2n) is 5.93. The molecule has 1 saturated heterocycles. The summed E-state index contributed by atoms with van der Waals surface area (Å²) in [7, 11) is 2.20. The van der Waals surface area contributed by atoms with E-state index < -0.39 is 0 Å². The number of carbonyl (C=O) groups excluding carboxylic acids is 1. The molecule has 1 aliphatic rings. The molecule has 0 aliphatic carbocycles. The van der Waals surface area contributed by atoms with E-state index >= 15 is 0 Å². The summed E-state index contributed by atoms with van der Waals surface area (Å²) in [6, 6.07) is 0. The third-order valence-electron chi connectivity index (χ3n) is 4.37. The lowest BCUT2D eigenvalue weighted by Gasteiger charge is -2.21. The summed E-state index contributed by atoms with van der Waals surface area (Å²) in [4.78, 5) is 15.0. The van der Waals surface area contributed by atoms with E-state index in [2.05, 4.69) is 25.8 Å². The lowest BCUT2D eigenvalue weighted by molar-refractivity contribution is -0.127. The van der Waals surface area contributed by atoms with Crippen LogP contribution in [-0.2, 0) is 4.79 Å². The molecule has 1 fully saturated rings. The fourth-order valence-corrected chi connectivity index (χ4v) is 3.15. The zero-order chi connectivity index (χ0) is 13.4. The van der Waals surface area contributed by atoms with Crippen molar-refractivity contribution < 1.29 is 4.79 Å². The highest BCUT2D eigenvalue weighted by molar-refractivity contribution is 5.83. The van der Waals surface area contributed by atoms with Gasteiger partial charge < -0.3 is 4.90 Å². The molecule has 1 rings (SSSR count). The number of nitrogens with zero attached hydrogens (tertiary/aromatic N) is 1. The van der Waals surface area contributed by atoms with Crippen LogP contribution >= 0.6 is 0 Å². The minimum Gasteiger partial charge on any atom is -0.306 e. The molecule has 0 bridgehead atoms. The predicted molar refractivity (Wildman–Crippen MR) is 77.8 cm³/mol. The standard InChI is InChI=1S/C16H31NO/c1-4-9-14(5-2)16(18)15-10-6-7-12-17(3)13-8-11-15/h14-15H,4-13H2,1-3H3. The Balaban J connectivity index is 2.53. The fraction of sp³-hybridized carbons (Fsp3) is 0.938. The number of carbonyl (C=O) groups is 1. The Labute approximate surface area is 113 Å². The molecule has 1 heterocycles. The molecule has 0 aromatic carbocycles. The largest absolute Gasteiger partial charge is 0.306 e. The Hall–Kier alpha value is -0.370. The van der Waals surface area contributed by atoms with Crippen molar-refractivity contribution in [3.05, 3.63) is 0 Å². The van der Waals surface area contributed by atoms with E-state index in [1.165, 1.54) is 25.8 Å². The van der Waals surface area contributed by atoms with E-state index in [0.29, 0.717) is 17.6 Å². The van der Waals surface area contributed by atoms with Crippen LogP contribution in [0.4, 0.5) is 0 Å². The number of Topliss-reactive ketones (excluding diaryl/α,β-unsaturated/α-hetero) is 1. The summed E-state index contributed by atoms with van der Waals surface area (Å²) in [6.07, 6.45) is 9.18. The average Bonchev–Trinajstić information content (AvgIpc) is 2.47. The molecule has 2 atom stereocenters. The molecule has 0 amide bonds. The van der Waals surface area contributed by atoms with Crippen LogP contribution in [0.5, 0.6) is 0 Å². The van der Waals surface area contributed by atoms with Crippen molar-refractivity contribution in [2.45, 2.75) is 65.2 Å². The van der Waals surface area contributed by atoms with Crippen molar-refractivity contribution in [2.24, 2.45) is 11.8 Å². The van der Waals surface area contributed by atoms with E-state index in [0.717, 1.165) is 38.6 Å². The summed E-state index contributed by atoms with van der Waals surface area (Å²) in [5, 5.41) is 0. The van der Waals surface area contributed by atoms with Gasteiger partial charge in [0.15, 0.2) is 0 Å². The minimum atomic E-state index is 0.332. The lowest BCUT2D eigenvalue weighted by Crippen LogP contribution is -2.24. The number of ketones is 1. The van der Waals surface area contributed by atoms with Gasteiger partial charge in [-0.05, 0) is 58.7 Å². The molecule has 2 nitrogen and oxygen atoms in total. The zero-order valence-electron chi connectivity index (χ0n) is 12.6. The molecule has 0 aromatic heterocycles. The topological polar surface area (TPSA) is 20.3 Å². The van der Waals surface area contributed by atoms with Gasteiger partial charge in [0, 0.05) is 11.8 Å². The Kier molecular flexibility index (Phi) is 7.57. The van der Waals surface area contributed by atoms with Crippen LogP contribution in [0.1, 0.15) is 65.2 Å². The summed E-state index contributed by atoms with van der Waals surface area (Å²) in [6.45, 7) is 6.72. The first-order chi connectivity index (χ1) is 8.69. The molecule has 0 aromatic rings. The van der Waals surface area contributed by atoms with Gasteiger partial charge in [-0.25, -0.2) is 0 Å². The molecule has 0 N–H and O–H groups in total. The van der Waals surface area contributed by atoms with Crippen molar-refractivity contribution in [2.75, 3.05) is 20.1 Å². The van der Waals surface area contributed by atoms with E-state index in [1.54, 1.807) is 0 Å². The van der Waals surface area contributed by atoms with E-state index in [-0.39, 0.29) is 0 Å². The highest BCUT2D eigenvalue weighted by atomic mass is 16.1. The molecule has 2 unspecified atom stereocenters. The number of rotatable bonds is 5. The average molecular weight is 253 g/mol. The van der Waals surface area contributed by atoms with Gasteiger partial charge in [0.25, 0.3) is 0 Å². The minimum absolute atomic E-state index is 0.332. The summed E-state index contributed by atoms with van der Waals surface area (Å²) in [5.74, 6) is 1.26. The third kappa shape index (κ3) is 5.09. The summed E-state index contributed by atoms with van der Waals surface area (Å²) in [5.41, 5.74) is 0. The van der Waals surface area contributed by atoms with Gasteiger partial charge >= 0.3 is 0 Å². The SMILES string of the molecule is CCCC(CC)C(=O)C1CCCCN(C)CCC1. The third-order valence-corrected chi connectivity index (χ3v) is 4.37. The van der Waals surface area contributed by atoms with Crippen molar-refractivity contribution in [3.63, 3.8) is 0 Å². The lowest BCUT2D eigenvalue weighted by atomic mass is 9.83. The number of hydrogen-bond acceptors (Lipinski definition) is 2. The highest BCUT2D eigenvalue weighted by Gasteiger charge is 2.25. The highest BCUT2D eigenvalue weighted by Crippen LogP contribution is 2.25. The van der Waals surface area contributed by atoms with Crippen LogP contribution in [0, 0.1) is 11.8 Å². The van der Waals surface area contributed by atoms with Crippen LogP contribution in [0.25, 0.3) is 0 Å². The normalized spacial score (nSPS) is 24.9. The maximum Gasteiger partial charge on any atom is 0.139 e. The molecule has 18 heavy (non-hydrogen) atoms. The van der Waals surface area contributed by atoms with E-state index in [9.17, 15) is 4.79 Å². The van der Waals surface area contributed by atoms with Crippen molar-refractivity contribution in [3.8, 4) is 0 Å². The zero-order valence-corrected chi connectivity index (χ0v) is 12.6. The van der Waals surface area contributed by atoms with Crippen LogP contribution in [-0.4, -0.2) is 30.8 Å². The van der Waals surface area contributed by atoms with Crippen LogP contribution in [0.15, 0.2) is 0 Å². The Bertz CT molecular complexity index is 239. The van der Waals surface area contributed by atoms with Gasteiger partial charge in [0.05, 0.1) is 0 Å². The fourth-order valence-electron chi connectivity index (χ4n) is 3.15. The summed E-state index contributed by atoms with van der Waals surface area (Å²) >= 11 is 0. The predicted octanol–water partition coefficient (Wildman–Crippen LogP) is 3.89. The van der Waals surface area contributed by atoms with Gasteiger partial charge in [-0.1, -0.05) is 26.7 Å². The van der Waals surface area contributed by atoms with Crippen LogP contribution < -0.4 is 0 Å². The molecule has 106 valence electrons. The van der Waals surface area contributed by atoms with E-state index in [4.69, 9.17) is 0 Å². The molecule has 1 aliphatic heterocycles. The van der Waals surface area contributed by atoms with Gasteiger partial charge in [-0.2, -0.15) is 0 Å². The van der Waals surface area contributed by atoms with E-state index in [1.807, 2.05) is 0 Å². The Morgan fingerprint density at radius 1 is 1.17 bits per heavy atom. The van der Waals surface area contributed by atoms with Crippen molar-refractivity contribution in [1.29, 1.82) is 0 Å². The molecule has 0 spiro atoms. The second-order valence-corrected chi connectivity index (χ2v) is 5.93. The first-order valence-corrected chi connectivity index (χ1v) is 7.91. The van der Waals surface area contributed by atoms with Crippen molar-refractivity contribution in [1.82, 2.24) is 4.90 Å². The molecule has 0 radical (unpaired) electrons. The maximum atomic E-state index is 12.6. The maximum absolute atomic E-state index is 12.6.